The van der Waals surface area contributed by atoms with Crippen LogP contribution in [0.2, 0.25) is 0 Å². The number of carbonyl (C=O) groups is 1. The molecule has 1 rings (SSSR count). The molecule has 0 saturated carbocycles. The molecule has 0 unspecified atom stereocenters. The van der Waals surface area contributed by atoms with Crippen LogP contribution < -0.4 is 5.32 Å². The third-order valence-electron chi connectivity index (χ3n) is 2.75. The number of amides is 1. The van der Waals surface area contributed by atoms with Gasteiger partial charge in [0.25, 0.3) is 0 Å². The molecule has 0 aliphatic heterocycles. The first-order chi connectivity index (χ1) is 9.43. The molecule has 7 heteroatoms. The summed E-state index contributed by atoms with van der Waals surface area (Å²) in [4.78, 5) is 15.6. The van der Waals surface area contributed by atoms with Gasteiger partial charge in [-0.15, -0.1) is 0 Å². The van der Waals surface area contributed by atoms with Crippen molar-refractivity contribution >= 4 is 15.9 Å². The van der Waals surface area contributed by atoms with Crippen LogP contribution in [0, 0.1) is 0 Å². The SMILES string of the molecule is CCCCNC(=O)CN(Cc1ccncc1)S(C)(=O)=O. The second-order valence-corrected chi connectivity index (χ2v) is 6.57. The molecule has 1 N–H and O–H groups in total. The molecule has 0 bridgehead atoms. The fourth-order valence-electron chi connectivity index (χ4n) is 1.60. The molecule has 112 valence electrons. The standard InChI is InChI=1S/C13H21N3O3S/c1-3-4-7-15-13(17)11-16(20(2,18)19)10-12-5-8-14-9-6-12/h5-6,8-9H,3-4,7,10-11H2,1-2H3,(H,15,17). The minimum atomic E-state index is -3.44. The molecule has 1 aromatic heterocycles. The average molecular weight is 299 g/mol. The van der Waals surface area contributed by atoms with E-state index < -0.39 is 10.0 Å². The Hall–Kier alpha value is -1.47. The number of aromatic nitrogens is 1. The zero-order chi connectivity index (χ0) is 15.0. The topological polar surface area (TPSA) is 79.4 Å². The molecule has 1 aromatic rings. The third kappa shape index (κ3) is 6.12. The van der Waals surface area contributed by atoms with Crippen molar-refractivity contribution in [2.75, 3.05) is 19.3 Å². The third-order valence-corrected chi connectivity index (χ3v) is 3.95. The van der Waals surface area contributed by atoms with E-state index in [1.165, 1.54) is 0 Å². The molecule has 0 fully saturated rings. The summed E-state index contributed by atoms with van der Waals surface area (Å²) in [6.45, 7) is 2.61. The van der Waals surface area contributed by atoms with Crippen LogP contribution in [0.5, 0.6) is 0 Å². The van der Waals surface area contributed by atoms with Crippen molar-refractivity contribution in [2.24, 2.45) is 0 Å². The Bertz CT molecular complexity index is 517. The fraction of sp³-hybridized carbons (Fsp3) is 0.538. The highest BCUT2D eigenvalue weighted by Crippen LogP contribution is 2.07. The first-order valence-electron chi connectivity index (χ1n) is 6.54. The molecule has 6 nitrogen and oxygen atoms in total. The molecule has 20 heavy (non-hydrogen) atoms. The van der Waals surface area contributed by atoms with Gasteiger partial charge in [-0.2, -0.15) is 4.31 Å². The van der Waals surface area contributed by atoms with E-state index in [4.69, 9.17) is 0 Å². The second kappa shape index (κ2) is 7.96. The lowest BCUT2D eigenvalue weighted by Crippen LogP contribution is -2.40. The van der Waals surface area contributed by atoms with Gasteiger partial charge in [0.2, 0.25) is 15.9 Å². The maximum Gasteiger partial charge on any atom is 0.235 e. The van der Waals surface area contributed by atoms with E-state index in [0.29, 0.717) is 6.54 Å². The summed E-state index contributed by atoms with van der Waals surface area (Å²) < 4.78 is 24.6. The number of nitrogens with zero attached hydrogens (tertiary/aromatic N) is 2. The van der Waals surface area contributed by atoms with Gasteiger partial charge in [0.1, 0.15) is 0 Å². The number of pyridine rings is 1. The van der Waals surface area contributed by atoms with Crippen molar-refractivity contribution in [3.05, 3.63) is 30.1 Å². The Morgan fingerprint density at radius 1 is 1.35 bits per heavy atom. The molecule has 0 aliphatic carbocycles. The lowest BCUT2D eigenvalue weighted by molar-refractivity contribution is -0.121. The predicted molar refractivity (Wildman–Crippen MR) is 77.4 cm³/mol. The molecular formula is C13H21N3O3S. The van der Waals surface area contributed by atoms with Crippen molar-refractivity contribution < 1.29 is 13.2 Å². The number of unbranched alkanes of at least 4 members (excludes halogenated alkanes) is 1. The molecule has 1 heterocycles. The van der Waals surface area contributed by atoms with Gasteiger partial charge in [-0.05, 0) is 24.1 Å². The molecule has 0 radical (unpaired) electrons. The normalized spacial score (nSPS) is 11.6. The van der Waals surface area contributed by atoms with Crippen LogP contribution in [0.3, 0.4) is 0 Å². The molecule has 0 aliphatic rings. The lowest BCUT2D eigenvalue weighted by atomic mass is 10.3. The van der Waals surface area contributed by atoms with E-state index in [1.807, 2.05) is 6.92 Å². The quantitative estimate of drug-likeness (QED) is 0.719. The minimum Gasteiger partial charge on any atom is -0.355 e. The largest absolute Gasteiger partial charge is 0.355 e. The zero-order valence-electron chi connectivity index (χ0n) is 11.9. The van der Waals surface area contributed by atoms with Gasteiger partial charge in [-0.1, -0.05) is 13.3 Å². The van der Waals surface area contributed by atoms with Gasteiger partial charge < -0.3 is 5.32 Å². The summed E-state index contributed by atoms with van der Waals surface area (Å²) in [5.74, 6) is -0.280. The lowest BCUT2D eigenvalue weighted by Gasteiger charge is -2.19. The van der Waals surface area contributed by atoms with E-state index in [9.17, 15) is 13.2 Å². The molecule has 0 atom stereocenters. The molecule has 1 amide bonds. The van der Waals surface area contributed by atoms with E-state index in [1.54, 1.807) is 24.5 Å². The fourth-order valence-corrected chi connectivity index (χ4v) is 2.34. The highest BCUT2D eigenvalue weighted by molar-refractivity contribution is 7.88. The van der Waals surface area contributed by atoms with Gasteiger partial charge in [-0.3, -0.25) is 9.78 Å². The number of hydrogen-bond acceptors (Lipinski definition) is 4. The van der Waals surface area contributed by atoms with Crippen molar-refractivity contribution in [1.29, 1.82) is 0 Å². The van der Waals surface area contributed by atoms with E-state index in [2.05, 4.69) is 10.3 Å². The molecular weight excluding hydrogens is 278 g/mol. The van der Waals surface area contributed by atoms with Crippen molar-refractivity contribution in [1.82, 2.24) is 14.6 Å². The van der Waals surface area contributed by atoms with Crippen LogP contribution in [-0.2, 0) is 21.4 Å². The van der Waals surface area contributed by atoms with E-state index in [0.717, 1.165) is 29.0 Å². The van der Waals surface area contributed by atoms with Gasteiger partial charge in [0, 0.05) is 25.5 Å². The Morgan fingerprint density at radius 3 is 2.55 bits per heavy atom. The number of rotatable bonds is 8. The summed E-state index contributed by atoms with van der Waals surface area (Å²) in [6, 6.07) is 3.46. The van der Waals surface area contributed by atoms with Crippen LogP contribution in [-0.4, -0.2) is 43.0 Å². The maximum atomic E-state index is 11.7. The van der Waals surface area contributed by atoms with Gasteiger partial charge >= 0.3 is 0 Å². The zero-order valence-corrected chi connectivity index (χ0v) is 12.7. The summed E-state index contributed by atoms with van der Waals surface area (Å²) in [5, 5.41) is 2.71. The summed E-state index contributed by atoms with van der Waals surface area (Å²) >= 11 is 0. The van der Waals surface area contributed by atoms with E-state index >= 15 is 0 Å². The molecule has 0 saturated heterocycles. The van der Waals surface area contributed by atoms with E-state index in [-0.39, 0.29) is 19.0 Å². The van der Waals surface area contributed by atoms with Gasteiger partial charge in [-0.25, -0.2) is 8.42 Å². The van der Waals surface area contributed by atoms with Crippen LogP contribution in [0.4, 0.5) is 0 Å². The van der Waals surface area contributed by atoms with Crippen molar-refractivity contribution in [3.8, 4) is 0 Å². The highest BCUT2D eigenvalue weighted by atomic mass is 32.2. The first kappa shape index (κ1) is 16.6. The summed E-state index contributed by atoms with van der Waals surface area (Å²) in [5.41, 5.74) is 0.798. The van der Waals surface area contributed by atoms with Gasteiger partial charge in [0.15, 0.2) is 0 Å². The molecule has 0 spiro atoms. The average Bonchev–Trinajstić information content (AvgIpc) is 2.38. The monoisotopic (exact) mass is 299 g/mol. The summed E-state index contributed by atoms with van der Waals surface area (Å²) in [6.07, 6.45) is 6.16. The Morgan fingerprint density at radius 2 is 2.00 bits per heavy atom. The van der Waals surface area contributed by atoms with Crippen LogP contribution in [0.15, 0.2) is 24.5 Å². The highest BCUT2D eigenvalue weighted by Gasteiger charge is 2.20. The van der Waals surface area contributed by atoms with Crippen molar-refractivity contribution in [3.63, 3.8) is 0 Å². The minimum absolute atomic E-state index is 0.162. The Balaban J connectivity index is 2.64. The second-order valence-electron chi connectivity index (χ2n) is 4.59. The first-order valence-corrected chi connectivity index (χ1v) is 8.39. The van der Waals surface area contributed by atoms with Crippen molar-refractivity contribution in [2.45, 2.75) is 26.3 Å². The Labute approximate surface area is 120 Å². The van der Waals surface area contributed by atoms with Gasteiger partial charge in [0.05, 0.1) is 12.8 Å². The smallest absolute Gasteiger partial charge is 0.235 e. The number of sulfonamides is 1. The molecule has 0 aromatic carbocycles. The maximum absolute atomic E-state index is 11.7. The Kier molecular flexibility index (Phi) is 6.60. The van der Waals surface area contributed by atoms with Crippen LogP contribution in [0.25, 0.3) is 0 Å². The number of nitrogens with one attached hydrogen (secondary N) is 1. The summed E-state index contributed by atoms with van der Waals surface area (Å²) in [7, 11) is -3.44. The number of carbonyl (C=O) groups excluding carboxylic acids is 1. The predicted octanol–water partition coefficient (Wildman–Crippen LogP) is 0.759. The van der Waals surface area contributed by atoms with Crippen LogP contribution in [0.1, 0.15) is 25.3 Å². The number of hydrogen-bond donors (Lipinski definition) is 1. The van der Waals surface area contributed by atoms with Crippen LogP contribution >= 0.6 is 0 Å².